The first-order valence-electron chi connectivity index (χ1n) is 4.77. The SMILES string of the molecule is CNC(=O)c1cccc(NC(=O)CCl)c1C. The lowest BCUT2D eigenvalue weighted by Crippen LogP contribution is -2.20. The maximum Gasteiger partial charge on any atom is 0.251 e. The average Bonchev–Trinajstić information content (AvgIpc) is 2.30. The molecule has 2 amide bonds. The number of benzene rings is 1. The molecule has 0 aliphatic rings. The molecule has 1 rings (SSSR count). The highest BCUT2D eigenvalue weighted by Crippen LogP contribution is 2.18. The first-order valence-corrected chi connectivity index (χ1v) is 5.31. The summed E-state index contributed by atoms with van der Waals surface area (Å²) in [6.45, 7) is 1.77. The van der Waals surface area contributed by atoms with Gasteiger partial charge in [0, 0.05) is 18.3 Å². The molecule has 0 spiro atoms. The maximum absolute atomic E-state index is 11.5. The zero-order valence-corrected chi connectivity index (χ0v) is 9.89. The summed E-state index contributed by atoms with van der Waals surface area (Å²) in [6, 6.07) is 5.14. The van der Waals surface area contributed by atoms with Crippen LogP contribution in [-0.4, -0.2) is 24.7 Å². The van der Waals surface area contributed by atoms with Crippen molar-refractivity contribution in [1.29, 1.82) is 0 Å². The number of carbonyl (C=O) groups excluding carboxylic acids is 2. The summed E-state index contributed by atoms with van der Waals surface area (Å²) < 4.78 is 0. The van der Waals surface area contributed by atoms with Gasteiger partial charge in [-0.05, 0) is 24.6 Å². The van der Waals surface area contributed by atoms with Gasteiger partial charge in [-0.25, -0.2) is 0 Å². The molecule has 16 heavy (non-hydrogen) atoms. The maximum atomic E-state index is 11.5. The fourth-order valence-electron chi connectivity index (χ4n) is 1.34. The molecule has 1 aromatic rings. The first kappa shape index (κ1) is 12.5. The second-order valence-corrected chi connectivity index (χ2v) is 3.51. The number of rotatable bonds is 3. The van der Waals surface area contributed by atoms with Gasteiger partial charge in [0.25, 0.3) is 5.91 Å². The van der Waals surface area contributed by atoms with E-state index in [4.69, 9.17) is 11.6 Å². The van der Waals surface area contributed by atoms with Gasteiger partial charge in [0.2, 0.25) is 5.91 Å². The fourth-order valence-corrected chi connectivity index (χ4v) is 1.40. The van der Waals surface area contributed by atoms with Crippen molar-refractivity contribution in [3.05, 3.63) is 29.3 Å². The zero-order valence-electron chi connectivity index (χ0n) is 9.13. The molecule has 0 fully saturated rings. The van der Waals surface area contributed by atoms with Crippen LogP contribution in [0.25, 0.3) is 0 Å². The van der Waals surface area contributed by atoms with Crippen LogP contribution in [0.1, 0.15) is 15.9 Å². The molecule has 0 aliphatic carbocycles. The van der Waals surface area contributed by atoms with Crippen LogP contribution < -0.4 is 10.6 Å². The van der Waals surface area contributed by atoms with E-state index in [-0.39, 0.29) is 17.7 Å². The zero-order chi connectivity index (χ0) is 12.1. The Bertz CT molecular complexity index is 418. The molecule has 86 valence electrons. The van der Waals surface area contributed by atoms with Crippen molar-refractivity contribution in [2.75, 3.05) is 18.2 Å². The van der Waals surface area contributed by atoms with E-state index in [1.54, 1.807) is 32.2 Å². The standard InChI is InChI=1S/C11H13ClN2O2/c1-7-8(11(16)13-2)4-3-5-9(7)14-10(15)6-12/h3-5H,6H2,1-2H3,(H,13,16)(H,14,15). The highest BCUT2D eigenvalue weighted by Gasteiger charge is 2.11. The summed E-state index contributed by atoms with van der Waals surface area (Å²) in [5.74, 6) is -0.581. The van der Waals surface area contributed by atoms with Gasteiger partial charge >= 0.3 is 0 Å². The van der Waals surface area contributed by atoms with Crippen molar-refractivity contribution in [1.82, 2.24) is 5.32 Å². The minimum atomic E-state index is -0.293. The van der Waals surface area contributed by atoms with E-state index in [1.807, 2.05) is 0 Å². The van der Waals surface area contributed by atoms with Crippen LogP contribution in [0.2, 0.25) is 0 Å². The molecule has 4 nitrogen and oxygen atoms in total. The van der Waals surface area contributed by atoms with Gasteiger partial charge < -0.3 is 10.6 Å². The number of alkyl halides is 1. The molecular weight excluding hydrogens is 228 g/mol. The summed E-state index contributed by atoms with van der Waals surface area (Å²) in [6.07, 6.45) is 0. The molecule has 5 heteroatoms. The lowest BCUT2D eigenvalue weighted by Gasteiger charge is -2.10. The van der Waals surface area contributed by atoms with Crippen molar-refractivity contribution in [2.24, 2.45) is 0 Å². The number of hydrogen-bond acceptors (Lipinski definition) is 2. The Morgan fingerprint density at radius 3 is 2.62 bits per heavy atom. The van der Waals surface area contributed by atoms with E-state index >= 15 is 0 Å². The minimum absolute atomic E-state index is 0.107. The van der Waals surface area contributed by atoms with Crippen molar-refractivity contribution < 1.29 is 9.59 Å². The molecular formula is C11H13ClN2O2. The number of hydrogen-bond donors (Lipinski definition) is 2. The second kappa shape index (κ2) is 5.51. The van der Waals surface area contributed by atoms with Gasteiger partial charge in [-0.1, -0.05) is 6.07 Å². The summed E-state index contributed by atoms with van der Waals surface area (Å²) in [5.41, 5.74) is 1.86. The molecule has 0 atom stereocenters. The van der Waals surface area contributed by atoms with Crippen molar-refractivity contribution in [3.63, 3.8) is 0 Å². The van der Waals surface area contributed by atoms with Gasteiger partial charge in [0.05, 0.1) is 0 Å². The molecule has 0 aliphatic heterocycles. The number of anilines is 1. The minimum Gasteiger partial charge on any atom is -0.355 e. The van der Waals surface area contributed by atoms with Crippen molar-refractivity contribution >= 4 is 29.1 Å². The molecule has 0 bridgehead atoms. The van der Waals surface area contributed by atoms with Gasteiger partial charge in [-0.3, -0.25) is 9.59 Å². The summed E-state index contributed by atoms with van der Waals surface area (Å²) >= 11 is 5.39. The second-order valence-electron chi connectivity index (χ2n) is 3.24. The van der Waals surface area contributed by atoms with E-state index in [9.17, 15) is 9.59 Å². The third-order valence-corrected chi connectivity index (χ3v) is 2.44. The Morgan fingerprint density at radius 1 is 1.38 bits per heavy atom. The highest BCUT2D eigenvalue weighted by atomic mass is 35.5. The Hall–Kier alpha value is -1.55. The van der Waals surface area contributed by atoms with Crippen molar-refractivity contribution in [3.8, 4) is 0 Å². The Balaban J connectivity index is 3.04. The molecule has 0 radical (unpaired) electrons. The van der Waals surface area contributed by atoms with E-state index in [0.29, 0.717) is 11.3 Å². The summed E-state index contributed by atoms with van der Waals surface area (Å²) in [5, 5.41) is 5.17. The normalized spacial score (nSPS) is 9.69. The summed E-state index contributed by atoms with van der Waals surface area (Å²) in [7, 11) is 1.56. The van der Waals surface area contributed by atoms with E-state index in [2.05, 4.69) is 10.6 Å². The van der Waals surface area contributed by atoms with Gasteiger partial charge in [-0.2, -0.15) is 0 Å². The third-order valence-electron chi connectivity index (χ3n) is 2.20. The fraction of sp³-hybridized carbons (Fsp3) is 0.273. The highest BCUT2D eigenvalue weighted by molar-refractivity contribution is 6.29. The van der Waals surface area contributed by atoms with Crippen LogP contribution in [0.4, 0.5) is 5.69 Å². The third kappa shape index (κ3) is 2.73. The number of nitrogens with one attached hydrogen (secondary N) is 2. The predicted molar refractivity (Wildman–Crippen MR) is 63.9 cm³/mol. The number of halogens is 1. The molecule has 0 aromatic heterocycles. The van der Waals surface area contributed by atoms with Crippen LogP contribution in [0.15, 0.2) is 18.2 Å². The molecule has 0 unspecified atom stereocenters. The van der Waals surface area contributed by atoms with Crippen LogP contribution >= 0.6 is 11.6 Å². The molecule has 2 N–H and O–H groups in total. The Morgan fingerprint density at radius 2 is 2.06 bits per heavy atom. The van der Waals surface area contributed by atoms with Crippen LogP contribution in [0.5, 0.6) is 0 Å². The van der Waals surface area contributed by atoms with Crippen LogP contribution in [0, 0.1) is 6.92 Å². The molecule has 0 saturated heterocycles. The number of carbonyl (C=O) groups is 2. The average molecular weight is 241 g/mol. The summed E-state index contributed by atoms with van der Waals surface area (Å²) in [4.78, 5) is 22.6. The first-order chi connectivity index (χ1) is 7.60. The monoisotopic (exact) mass is 240 g/mol. The van der Waals surface area contributed by atoms with E-state index in [1.165, 1.54) is 0 Å². The molecule has 0 saturated carbocycles. The van der Waals surface area contributed by atoms with Crippen LogP contribution in [-0.2, 0) is 4.79 Å². The smallest absolute Gasteiger partial charge is 0.251 e. The van der Waals surface area contributed by atoms with Gasteiger partial charge in [0.15, 0.2) is 0 Å². The van der Waals surface area contributed by atoms with Crippen LogP contribution in [0.3, 0.4) is 0 Å². The molecule has 0 heterocycles. The van der Waals surface area contributed by atoms with E-state index in [0.717, 1.165) is 5.56 Å². The number of amides is 2. The molecule has 1 aromatic carbocycles. The Labute approximate surface area is 99.0 Å². The van der Waals surface area contributed by atoms with E-state index < -0.39 is 0 Å². The predicted octanol–water partition coefficient (Wildman–Crippen LogP) is 1.53. The van der Waals surface area contributed by atoms with Gasteiger partial charge in [0.1, 0.15) is 5.88 Å². The Kier molecular flexibility index (Phi) is 4.31. The van der Waals surface area contributed by atoms with Gasteiger partial charge in [-0.15, -0.1) is 11.6 Å². The lowest BCUT2D eigenvalue weighted by atomic mass is 10.1. The lowest BCUT2D eigenvalue weighted by molar-refractivity contribution is -0.113. The largest absolute Gasteiger partial charge is 0.355 e. The van der Waals surface area contributed by atoms with Crippen molar-refractivity contribution in [2.45, 2.75) is 6.92 Å². The quantitative estimate of drug-likeness (QED) is 0.788. The topological polar surface area (TPSA) is 58.2 Å².